The first-order chi connectivity index (χ1) is 17.6. The Hall–Kier alpha value is -4.22. The summed E-state index contributed by atoms with van der Waals surface area (Å²) in [6.45, 7) is 1.68. The van der Waals surface area contributed by atoms with Crippen molar-refractivity contribution in [3.63, 3.8) is 0 Å². The summed E-state index contributed by atoms with van der Waals surface area (Å²) in [5, 5.41) is 11.0. The molecule has 1 atom stereocenters. The number of hydroxylamine groups is 1. The molecule has 0 saturated heterocycles. The summed E-state index contributed by atoms with van der Waals surface area (Å²) in [5.41, 5.74) is 3.13. The summed E-state index contributed by atoms with van der Waals surface area (Å²) in [6.07, 6.45) is 5.81. The van der Waals surface area contributed by atoms with Gasteiger partial charge >= 0.3 is 0 Å². The van der Waals surface area contributed by atoms with Crippen molar-refractivity contribution in [1.82, 2.24) is 15.4 Å². The molecule has 3 rings (SSSR count). The first-order valence-corrected chi connectivity index (χ1v) is 12.7. The fourth-order valence-electron chi connectivity index (χ4n) is 3.56. The number of aromatic nitrogens is 1. The van der Waals surface area contributed by atoms with Crippen molar-refractivity contribution < 1.29 is 28.0 Å². The third kappa shape index (κ3) is 6.32. The van der Waals surface area contributed by atoms with Crippen molar-refractivity contribution in [3.8, 4) is 5.75 Å². The normalized spacial score (nSPS) is 12.1. The number of benzene rings is 2. The summed E-state index contributed by atoms with van der Waals surface area (Å²) in [4.78, 5) is 30.1. The van der Waals surface area contributed by atoms with Crippen LogP contribution in [0.15, 0.2) is 71.9 Å². The van der Waals surface area contributed by atoms with Gasteiger partial charge in [0.05, 0.1) is 23.3 Å². The molecule has 11 heteroatoms. The predicted molar refractivity (Wildman–Crippen MR) is 139 cm³/mol. The van der Waals surface area contributed by atoms with E-state index in [4.69, 9.17) is 4.74 Å². The third-order valence-corrected chi connectivity index (χ3v) is 7.46. The Labute approximate surface area is 215 Å². The number of sulfone groups is 1. The van der Waals surface area contributed by atoms with E-state index in [2.05, 4.69) is 10.3 Å². The Morgan fingerprint density at radius 1 is 1.14 bits per heavy atom. The first kappa shape index (κ1) is 27.4. The molecule has 0 spiro atoms. The second kappa shape index (κ2) is 11.7. The zero-order chi connectivity index (χ0) is 27.2. The smallest absolute Gasteiger partial charge is 0.276 e. The molecule has 0 fully saturated rings. The summed E-state index contributed by atoms with van der Waals surface area (Å²) < 4.78 is 32.7. The molecule has 2 aromatic carbocycles. The van der Waals surface area contributed by atoms with E-state index in [0.29, 0.717) is 22.4 Å². The summed E-state index contributed by atoms with van der Waals surface area (Å²) in [6, 6.07) is 12.3. The average Bonchev–Trinajstić information content (AvgIpc) is 2.90. The van der Waals surface area contributed by atoms with Crippen molar-refractivity contribution in [2.75, 3.05) is 26.5 Å². The van der Waals surface area contributed by atoms with E-state index >= 15 is 0 Å². The Morgan fingerprint density at radius 3 is 2.41 bits per heavy atom. The molecule has 0 saturated carbocycles. The van der Waals surface area contributed by atoms with Gasteiger partial charge in [-0.3, -0.25) is 19.8 Å². The predicted octanol–water partition coefficient (Wildman–Crippen LogP) is 3.20. The van der Waals surface area contributed by atoms with E-state index in [1.165, 1.54) is 54.8 Å². The van der Waals surface area contributed by atoms with Gasteiger partial charge in [-0.05, 0) is 66.6 Å². The van der Waals surface area contributed by atoms with E-state index in [9.17, 15) is 23.2 Å². The lowest BCUT2D eigenvalue weighted by atomic mass is 10.0. The number of hydrogen-bond acceptors (Lipinski definition) is 8. The van der Waals surface area contributed by atoms with Crippen LogP contribution in [-0.4, -0.2) is 56.5 Å². The lowest BCUT2D eigenvalue weighted by molar-refractivity contribution is -0.123. The molecule has 0 radical (unpaired) electrons. The molecule has 10 nitrogen and oxygen atoms in total. The number of pyridine rings is 1. The van der Waals surface area contributed by atoms with E-state index in [-0.39, 0.29) is 22.1 Å². The van der Waals surface area contributed by atoms with Gasteiger partial charge in [0, 0.05) is 38.1 Å². The zero-order valence-corrected chi connectivity index (χ0v) is 21.6. The third-order valence-electron chi connectivity index (χ3n) is 5.52. The minimum absolute atomic E-state index is 0.0155. The van der Waals surface area contributed by atoms with Crippen LogP contribution in [0, 0.1) is 6.92 Å². The monoisotopic (exact) mass is 524 g/mol. The number of methoxy groups -OCH3 is 1. The van der Waals surface area contributed by atoms with Gasteiger partial charge in [0.1, 0.15) is 5.75 Å². The summed E-state index contributed by atoms with van der Waals surface area (Å²) in [5.74, 6) is -0.610. The van der Waals surface area contributed by atoms with Crippen LogP contribution in [0.5, 0.6) is 5.75 Å². The van der Waals surface area contributed by atoms with Gasteiger partial charge in [-0.2, -0.15) is 0 Å². The van der Waals surface area contributed by atoms with Crippen molar-refractivity contribution in [2.24, 2.45) is 0 Å². The maximum absolute atomic E-state index is 13.8. The van der Waals surface area contributed by atoms with Crippen LogP contribution in [0.1, 0.15) is 32.4 Å². The van der Waals surface area contributed by atoms with Gasteiger partial charge in [0.15, 0.2) is 5.37 Å². The maximum atomic E-state index is 13.8. The van der Waals surface area contributed by atoms with E-state index < -0.39 is 21.1 Å². The SMILES string of the molecule is COc1ccc(S(=O)(=O)C(Nc2c(C)cc(C=CC(=O)N(C)C)cc2C(=O)NO)c2cccnc2)cc1. The number of aryl methyl sites for hydroxylation is 1. The van der Waals surface area contributed by atoms with Crippen LogP contribution < -0.4 is 15.5 Å². The van der Waals surface area contributed by atoms with Crippen LogP contribution in [0.3, 0.4) is 0 Å². The molecule has 3 N–H and O–H groups in total. The Morgan fingerprint density at radius 2 is 1.84 bits per heavy atom. The van der Waals surface area contributed by atoms with Crippen LogP contribution in [0.2, 0.25) is 0 Å². The molecule has 0 aliphatic heterocycles. The molecular formula is C26H28N4O6S. The summed E-state index contributed by atoms with van der Waals surface area (Å²) in [7, 11) is 0.649. The van der Waals surface area contributed by atoms with Gasteiger partial charge < -0.3 is 15.0 Å². The largest absolute Gasteiger partial charge is 0.497 e. The van der Waals surface area contributed by atoms with Crippen LogP contribution in [0.4, 0.5) is 5.69 Å². The number of ether oxygens (including phenoxy) is 1. The number of rotatable bonds is 9. The fourth-order valence-corrected chi connectivity index (χ4v) is 5.12. The number of anilines is 1. The zero-order valence-electron chi connectivity index (χ0n) is 20.8. The lowest BCUT2D eigenvalue weighted by Gasteiger charge is -2.24. The van der Waals surface area contributed by atoms with Crippen molar-refractivity contribution in [2.45, 2.75) is 17.2 Å². The van der Waals surface area contributed by atoms with Crippen molar-refractivity contribution in [3.05, 3.63) is 89.3 Å². The quantitative estimate of drug-likeness (QED) is 0.220. The van der Waals surface area contributed by atoms with E-state index in [1.807, 2.05) is 0 Å². The molecule has 1 aromatic heterocycles. The van der Waals surface area contributed by atoms with Gasteiger partial charge in [-0.1, -0.05) is 6.07 Å². The molecule has 194 valence electrons. The van der Waals surface area contributed by atoms with Crippen molar-refractivity contribution in [1.29, 1.82) is 0 Å². The Kier molecular flexibility index (Phi) is 8.64. The second-order valence-electron chi connectivity index (χ2n) is 8.30. The molecule has 0 bridgehead atoms. The minimum Gasteiger partial charge on any atom is -0.497 e. The number of carbonyl (C=O) groups is 2. The number of hydrogen-bond donors (Lipinski definition) is 3. The Bertz CT molecular complexity index is 1400. The first-order valence-electron chi connectivity index (χ1n) is 11.1. The number of nitrogens with zero attached hydrogens (tertiary/aromatic N) is 2. The van der Waals surface area contributed by atoms with Gasteiger partial charge in [0.25, 0.3) is 5.91 Å². The molecule has 3 aromatic rings. The number of likely N-dealkylation sites (N-methyl/N-ethyl adjacent to an activating group) is 1. The number of amides is 2. The van der Waals surface area contributed by atoms with Crippen LogP contribution in [0.25, 0.3) is 6.08 Å². The molecule has 0 aliphatic rings. The molecular weight excluding hydrogens is 496 g/mol. The molecule has 37 heavy (non-hydrogen) atoms. The van der Waals surface area contributed by atoms with Gasteiger partial charge in [0.2, 0.25) is 15.7 Å². The Balaban J connectivity index is 2.13. The molecule has 0 aliphatic carbocycles. The molecule has 1 heterocycles. The summed E-state index contributed by atoms with van der Waals surface area (Å²) >= 11 is 0. The topological polar surface area (TPSA) is 138 Å². The highest BCUT2D eigenvalue weighted by Gasteiger charge is 2.31. The van der Waals surface area contributed by atoms with Crippen LogP contribution >= 0.6 is 0 Å². The highest BCUT2D eigenvalue weighted by molar-refractivity contribution is 7.91. The molecule has 1 unspecified atom stereocenters. The maximum Gasteiger partial charge on any atom is 0.276 e. The molecule has 2 amide bonds. The highest BCUT2D eigenvalue weighted by Crippen LogP contribution is 2.34. The van der Waals surface area contributed by atoms with E-state index in [0.717, 1.165) is 0 Å². The van der Waals surface area contributed by atoms with Gasteiger partial charge in [-0.15, -0.1) is 0 Å². The average molecular weight is 525 g/mol. The minimum atomic E-state index is -4.05. The van der Waals surface area contributed by atoms with Gasteiger partial charge in [-0.25, -0.2) is 13.9 Å². The number of carbonyl (C=O) groups excluding carboxylic acids is 2. The fraction of sp³-hybridized carbons (Fsp3) is 0.192. The standard InChI is InChI=1S/C26H28N4O6S/c1-17-14-18(7-12-23(31)30(2)3)15-22(25(32)29-33)24(17)28-26(19-6-5-13-27-16-19)37(34,35)21-10-8-20(36-4)9-11-21/h5-16,26,28,33H,1-4H3,(H,29,32). The highest BCUT2D eigenvalue weighted by atomic mass is 32.2. The lowest BCUT2D eigenvalue weighted by Crippen LogP contribution is -2.26. The second-order valence-corrected chi connectivity index (χ2v) is 10.3. The van der Waals surface area contributed by atoms with Crippen LogP contribution in [-0.2, 0) is 14.6 Å². The number of nitrogens with one attached hydrogen (secondary N) is 2. The van der Waals surface area contributed by atoms with E-state index in [1.54, 1.807) is 56.8 Å². The van der Waals surface area contributed by atoms with Crippen molar-refractivity contribution >= 4 is 33.4 Å².